The van der Waals surface area contributed by atoms with E-state index in [0.29, 0.717) is 24.6 Å². The number of aromatic nitrogens is 2. The van der Waals surface area contributed by atoms with Gasteiger partial charge in [0.2, 0.25) is 0 Å². The molecule has 0 saturated heterocycles. The Balaban J connectivity index is 2.73. The summed E-state index contributed by atoms with van der Waals surface area (Å²) < 4.78 is 1.72. The van der Waals surface area contributed by atoms with Gasteiger partial charge in [0.25, 0.3) is 5.91 Å². The molecule has 0 fully saturated rings. The number of hydrogen-bond donors (Lipinski definition) is 2. The van der Waals surface area contributed by atoms with Crippen molar-refractivity contribution in [2.75, 3.05) is 13.1 Å². The average Bonchev–Trinajstić information content (AvgIpc) is 2.49. The van der Waals surface area contributed by atoms with Crippen LogP contribution in [0.4, 0.5) is 0 Å². The summed E-state index contributed by atoms with van der Waals surface area (Å²) in [6.45, 7) is 6.91. The van der Waals surface area contributed by atoms with E-state index in [9.17, 15) is 4.79 Å². The van der Waals surface area contributed by atoms with E-state index >= 15 is 0 Å². The SMILES string of the molecule is Cc1nn(C)c(C)c1C(=O)NCC(C)CN. The van der Waals surface area contributed by atoms with Crippen LogP contribution in [0.25, 0.3) is 0 Å². The molecule has 1 amide bonds. The van der Waals surface area contributed by atoms with Gasteiger partial charge in [0.05, 0.1) is 11.3 Å². The third-order valence-corrected chi connectivity index (χ3v) is 2.75. The van der Waals surface area contributed by atoms with Crippen LogP contribution in [0.5, 0.6) is 0 Å². The normalized spacial score (nSPS) is 12.6. The highest BCUT2D eigenvalue weighted by Gasteiger charge is 2.17. The molecule has 5 nitrogen and oxygen atoms in total. The predicted octanol–water partition coefficient (Wildman–Crippen LogP) is 0.362. The largest absolute Gasteiger partial charge is 0.352 e. The Kier molecular flexibility index (Phi) is 4.06. The summed E-state index contributed by atoms with van der Waals surface area (Å²) in [7, 11) is 1.83. The number of hydrogen-bond acceptors (Lipinski definition) is 3. The fourth-order valence-corrected chi connectivity index (χ4v) is 1.54. The summed E-state index contributed by atoms with van der Waals surface area (Å²) >= 11 is 0. The van der Waals surface area contributed by atoms with Crippen LogP contribution in [0.2, 0.25) is 0 Å². The van der Waals surface area contributed by atoms with Gasteiger partial charge in [-0.05, 0) is 26.3 Å². The summed E-state index contributed by atoms with van der Waals surface area (Å²) in [5, 5.41) is 7.08. The van der Waals surface area contributed by atoms with Crippen molar-refractivity contribution >= 4 is 5.91 Å². The lowest BCUT2D eigenvalue weighted by molar-refractivity contribution is 0.0947. The molecular weight excluding hydrogens is 204 g/mol. The van der Waals surface area contributed by atoms with E-state index in [1.807, 2.05) is 27.8 Å². The first-order valence-corrected chi connectivity index (χ1v) is 5.45. The van der Waals surface area contributed by atoms with E-state index in [2.05, 4.69) is 10.4 Å². The van der Waals surface area contributed by atoms with Crippen LogP contribution in [-0.4, -0.2) is 28.8 Å². The fourth-order valence-electron chi connectivity index (χ4n) is 1.54. The molecule has 0 bridgehead atoms. The molecule has 3 N–H and O–H groups in total. The summed E-state index contributed by atoms with van der Waals surface area (Å²) in [5.74, 6) is 0.227. The topological polar surface area (TPSA) is 72.9 Å². The van der Waals surface area contributed by atoms with Crippen LogP contribution < -0.4 is 11.1 Å². The van der Waals surface area contributed by atoms with Gasteiger partial charge < -0.3 is 11.1 Å². The first kappa shape index (κ1) is 12.7. The number of aryl methyl sites for hydroxylation is 2. The van der Waals surface area contributed by atoms with Crippen molar-refractivity contribution in [2.24, 2.45) is 18.7 Å². The molecule has 0 saturated carbocycles. The van der Waals surface area contributed by atoms with Crippen molar-refractivity contribution in [1.29, 1.82) is 0 Å². The maximum Gasteiger partial charge on any atom is 0.255 e. The molecule has 0 aliphatic heterocycles. The van der Waals surface area contributed by atoms with Gasteiger partial charge in [-0.3, -0.25) is 9.48 Å². The second-order valence-corrected chi connectivity index (χ2v) is 4.22. The Morgan fingerprint density at radius 1 is 1.56 bits per heavy atom. The Morgan fingerprint density at radius 3 is 2.62 bits per heavy atom. The van der Waals surface area contributed by atoms with Gasteiger partial charge in [-0.2, -0.15) is 5.10 Å². The summed E-state index contributed by atoms with van der Waals surface area (Å²) in [4.78, 5) is 11.9. The first-order chi connectivity index (χ1) is 7.47. The predicted molar refractivity (Wildman–Crippen MR) is 63.2 cm³/mol. The quantitative estimate of drug-likeness (QED) is 0.775. The van der Waals surface area contributed by atoms with E-state index in [4.69, 9.17) is 5.73 Å². The number of carbonyl (C=O) groups excluding carboxylic acids is 1. The van der Waals surface area contributed by atoms with Gasteiger partial charge in [0.1, 0.15) is 0 Å². The lowest BCUT2D eigenvalue weighted by Gasteiger charge is -2.10. The third-order valence-electron chi connectivity index (χ3n) is 2.75. The van der Waals surface area contributed by atoms with Crippen LogP contribution in [0.3, 0.4) is 0 Å². The van der Waals surface area contributed by atoms with Crippen molar-refractivity contribution in [3.8, 4) is 0 Å². The Morgan fingerprint density at radius 2 is 2.19 bits per heavy atom. The summed E-state index contributed by atoms with van der Waals surface area (Å²) in [6, 6.07) is 0. The van der Waals surface area contributed by atoms with Gasteiger partial charge in [-0.1, -0.05) is 6.92 Å². The second kappa shape index (κ2) is 5.12. The minimum atomic E-state index is -0.0663. The molecule has 1 unspecified atom stereocenters. The second-order valence-electron chi connectivity index (χ2n) is 4.22. The highest BCUT2D eigenvalue weighted by molar-refractivity contribution is 5.96. The molecule has 0 aromatic carbocycles. The van der Waals surface area contributed by atoms with Crippen molar-refractivity contribution in [3.05, 3.63) is 17.0 Å². The van der Waals surface area contributed by atoms with E-state index in [0.717, 1.165) is 11.4 Å². The van der Waals surface area contributed by atoms with Gasteiger partial charge in [0.15, 0.2) is 0 Å². The van der Waals surface area contributed by atoms with Crippen LogP contribution in [0.1, 0.15) is 28.7 Å². The highest BCUT2D eigenvalue weighted by Crippen LogP contribution is 2.11. The summed E-state index contributed by atoms with van der Waals surface area (Å²) in [5.41, 5.74) is 7.81. The molecule has 16 heavy (non-hydrogen) atoms. The van der Waals surface area contributed by atoms with Gasteiger partial charge in [-0.15, -0.1) is 0 Å². The molecule has 1 aromatic rings. The molecule has 90 valence electrons. The monoisotopic (exact) mass is 224 g/mol. The average molecular weight is 224 g/mol. The number of nitrogens with two attached hydrogens (primary N) is 1. The van der Waals surface area contributed by atoms with Crippen LogP contribution in [0.15, 0.2) is 0 Å². The Bertz CT molecular complexity index is 384. The highest BCUT2D eigenvalue weighted by atomic mass is 16.1. The van der Waals surface area contributed by atoms with Gasteiger partial charge in [-0.25, -0.2) is 0 Å². The molecule has 1 atom stereocenters. The molecule has 0 spiro atoms. The van der Waals surface area contributed by atoms with E-state index < -0.39 is 0 Å². The standard InChI is InChI=1S/C11H20N4O/c1-7(5-12)6-13-11(16)10-8(2)14-15(4)9(10)3/h7H,5-6,12H2,1-4H3,(H,13,16). The van der Waals surface area contributed by atoms with Crippen molar-refractivity contribution in [1.82, 2.24) is 15.1 Å². The molecule has 0 radical (unpaired) electrons. The Hall–Kier alpha value is -1.36. The lowest BCUT2D eigenvalue weighted by Crippen LogP contribution is -2.31. The van der Waals surface area contributed by atoms with Crippen molar-refractivity contribution < 1.29 is 4.79 Å². The zero-order chi connectivity index (χ0) is 12.3. The molecule has 1 rings (SSSR count). The number of carbonyl (C=O) groups is 1. The van der Waals surface area contributed by atoms with E-state index in [-0.39, 0.29) is 5.91 Å². The Labute approximate surface area is 96.0 Å². The lowest BCUT2D eigenvalue weighted by atomic mass is 10.1. The molecule has 1 aromatic heterocycles. The number of nitrogens with one attached hydrogen (secondary N) is 1. The minimum Gasteiger partial charge on any atom is -0.352 e. The first-order valence-electron chi connectivity index (χ1n) is 5.45. The number of nitrogens with zero attached hydrogens (tertiary/aromatic N) is 2. The fraction of sp³-hybridized carbons (Fsp3) is 0.636. The van der Waals surface area contributed by atoms with Crippen LogP contribution >= 0.6 is 0 Å². The molecular formula is C11H20N4O. The van der Waals surface area contributed by atoms with E-state index in [1.54, 1.807) is 4.68 Å². The van der Waals surface area contributed by atoms with Crippen LogP contribution in [-0.2, 0) is 7.05 Å². The minimum absolute atomic E-state index is 0.0663. The zero-order valence-electron chi connectivity index (χ0n) is 10.4. The maximum atomic E-state index is 11.9. The smallest absolute Gasteiger partial charge is 0.255 e. The van der Waals surface area contributed by atoms with Crippen LogP contribution in [0, 0.1) is 19.8 Å². The summed E-state index contributed by atoms with van der Waals surface area (Å²) in [6.07, 6.45) is 0. The van der Waals surface area contributed by atoms with Gasteiger partial charge in [0, 0.05) is 19.3 Å². The van der Waals surface area contributed by atoms with Crippen molar-refractivity contribution in [2.45, 2.75) is 20.8 Å². The number of amides is 1. The van der Waals surface area contributed by atoms with E-state index in [1.165, 1.54) is 0 Å². The number of rotatable bonds is 4. The van der Waals surface area contributed by atoms with Gasteiger partial charge >= 0.3 is 0 Å². The molecule has 1 heterocycles. The zero-order valence-corrected chi connectivity index (χ0v) is 10.4. The maximum absolute atomic E-state index is 11.9. The van der Waals surface area contributed by atoms with Crippen molar-refractivity contribution in [3.63, 3.8) is 0 Å². The molecule has 0 aliphatic carbocycles. The third kappa shape index (κ3) is 2.61. The molecule has 0 aliphatic rings. The molecule has 5 heteroatoms.